The van der Waals surface area contributed by atoms with Crippen LogP contribution in [0.4, 0.5) is 0 Å². The van der Waals surface area contributed by atoms with E-state index < -0.39 is 0 Å². The second kappa shape index (κ2) is 3.25. The van der Waals surface area contributed by atoms with E-state index in [-0.39, 0.29) is 0 Å². The maximum Gasteiger partial charge on any atom is 0.0826 e. The van der Waals surface area contributed by atoms with Crippen molar-refractivity contribution in [1.29, 1.82) is 0 Å². The summed E-state index contributed by atoms with van der Waals surface area (Å²) in [4.78, 5) is 4.18. The molecule has 1 heterocycles. The van der Waals surface area contributed by atoms with Crippen molar-refractivity contribution in [1.82, 2.24) is 4.98 Å². The van der Waals surface area contributed by atoms with Crippen LogP contribution in [0.2, 0.25) is 5.02 Å². The Labute approximate surface area is 79.7 Å². The van der Waals surface area contributed by atoms with Crippen molar-refractivity contribution >= 4 is 22.9 Å². The van der Waals surface area contributed by atoms with Crippen molar-refractivity contribution in [2.45, 2.75) is 0 Å². The molecule has 0 spiro atoms. The Balaban J connectivity index is 2.55. The van der Waals surface area contributed by atoms with Crippen LogP contribution in [0.25, 0.3) is 11.3 Å². The van der Waals surface area contributed by atoms with Gasteiger partial charge in [0, 0.05) is 16.0 Å². The van der Waals surface area contributed by atoms with E-state index in [4.69, 9.17) is 11.6 Å². The quantitative estimate of drug-likeness (QED) is 0.679. The van der Waals surface area contributed by atoms with Gasteiger partial charge in [-0.3, -0.25) is 0 Å². The van der Waals surface area contributed by atoms with Gasteiger partial charge < -0.3 is 0 Å². The second-order valence-corrected chi connectivity index (χ2v) is 3.48. The third-order valence-corrected chi connectivity index (χ3v) is 2.50. The predicted octanol–water partition coefficient (Wildman–Crippen LogP) is 3.46. The molecule has 1 nitrogen and oxygen atoms in total. The number of hydrogen-bond acceptors (Lipinski definition) is 2. The highest BCUT2D eigenvalue weighted by molar-refractivity contribution is 7.07. The Morgan fingerprint density at radius 1 is 1.25 bits per heavy atom. The van der Waals surface area contributed by atoms with Crippen LogP contribution in [0.1, 0.15) is 0 Å². The lowest BCUT2D eigenvalue weighted by atomic mass is 10.2. The molecule has 0 aliphatic carbocycles. The summed E-state index contributed by atoms with van der Waals surface area (Å²) in [5.41, 5.74) is 3.75. The zero-order valence-electron chi connectivity index (χ0n) is 6.20. The Bertz CT molecular complexity index is 370. The van der Waals surface area contributed by atoms with E-state index in [0.29, 0.717) is 0 Å². The van der Waals surface area contributed by atoms with Gasteiger partial charge in [0.05, 0.1) is 11.2 Å². The third-order valence-electron chi connectivity index (χ3n) is 1.58. The standard InChI is InChI=1S/C9H6ClNS/c10-8-4-2-1-3-7(8)9-5-12-6-11-9/h1-6H. The smallest absolute Gasteiger partial charge is 0.0826 e. The van der Waals surface area contributed by atoms with Gasteiger partial charge in [-0.2, -0.15) is 0 Å². The van der Waals surface area contributed by atoms with Crippen LogP contribution in [0, 0.1) is 0 Å². The van der Waals surface area contributed by atoms with E-state index in [1.807, 2.05) is 29.6 Å². The molecule has 0 saturated heterocycles. The van der Waals surface area contributed by atoms with Crippen molar-refractivity contribution in [2.75, 3.05) is 0 Å². The summed E-state index contributed by atoms with van der Waals surface area (Å²) in [6.45, 7) is 0. The molecular formula is C9H6ClNS. The molecule has 2 aromatic rings. The fourth-order valence-electron chi connectivity index (χ4n) is 1.01. The largest absolute Gasteiger partial charge is 0.245 e. The summed E-state index contributed by atoms with van der Waals surface area (Å²) in [7, 11) is 0. The molecular weight excluding hydrogens is 190 g/mol. The van der Waals surface area contributed by atoms with Crippen LogP contribution in [-0.2, 0) is 0 Å². The summed E-state index contributed by atoms with van der Waals surface area (Å²) in [5.74, 6) is 0. The van der Waals surface area contributed by atoms with Crippen LogP contribution < -0.4 is 0 Å². The highest BCUT2D eigenvalue weighted by Gasteiger charge is 2.02. The van der Waals surface area contributed by atoms with Crippen LogP contribution >= 0.6 is 22.9 Å². The molecule has 0 saturated carbocycles. The van der Waals surface area contributed by atoms with Crippen molar-refractivity contribution in [2.24, 2.45) is 0 Å². The van der Waals surface area contributed by atoms with E-state index in [2.05, 4.69) is 4.98 Å². The first kappa shape index (κ1) is 7.77. The highest BCUT2D eigenvalue weighted by Crippen LogP contribution is 2.26. The summed E-state index contributed by atoms with van der Waals surface area (Å²) >= 11 is 7.55. The minimum atomic E-state index is 0.753. The third kappa shape index (κ3) is 1.36. The van der Waals surface area contributed by atoms with Gasteiger partial charge in [0.15, 0.2) is 0 Å². The second-order valence-electron chi connectivity index (χ2n) is 2.35. The van der Waals surface area contributed by atoms with Gasteiger partial charge in [0.2, 0.25) is 0 Å². The molecule has 0 bridgehead atoms. The average molecular weight is 196 g/mol. The maximum atomic E-state index is 5.98. The molecule has 2 rings (SSSR count). The van der Waals surface area contributed by atoms with E-state index in [1.165, 1.54) is 0 Å². The first-order valence-corrected chi connectivity index (χ1v) is 4.83. The van der Waals surface area contributed by atoms with Crippen molar-refractivity contribution < 1.29 is 0 Å². The SMILES string of the molecule is Clc1ccccc1-c1cscn1. The number of benzene rings is 1. The van der Waals surface area contributed by atoms with Crippen molar-refractivity contribution in [3.8, 4) is 11.3 Å². The zero-order valence-corrected chi connectivity index (χ0v) is 7.77. The molecule has 1 aromatic carbocycles. The summed E-state index contributed by atoms with van der Waals surface area (Å²) < 4.78 is 0. The molecule has 0 unspecified atom stereocenters. The fraction of sp³-hybridized carbons (Fsp3) is 0. The van der Waals surface area contributed by atoms with E-state index in [9.17, 15) is 0 Å². The Hall–Kier alpha value is -0.860. The Morgan fingerprint density at radius 3 is 2.75 bits per heavy atom. The fourth-order valence-corrected chi connectivity index (χ4v) is 1.80. The van der Waals surface area contributed by atoms with Gasteiger partial charge in [0.1, 0.15) is 0 Å². The molecule has 0 amide bonds. The molecule has 0 atom stereocenters. The van der Waals surface area contributed by atoms with Crippen LogP contribution in [0.3, 0.4) is 0 Å². The number of rotatable bonds is 1. The number of aromatic nitrogens is 1. The molecule has 0 fully saturated rings. The van der Waals surface area contributed by atoms with E-state index in [1.54, 1.807) is 16.8 Å². The van der Waals surface area contributed by atoms with Gasteiger partial charge in [0.25, 0.3) is 0 Å². The average Bonchev–Trinajstić information content (AvgIpc) is 2.57. The Kier molecular flexibility index (Phi) is 2.11. The topological polar surface area (TPSA) is 12.9 Å². The molecule has 1 aromatic heterocycles. The summed E-state index contributed by atoms with van der Waals surface area (Å²) in [6.07, 6.45) is 0. The minimum Gasteiger partial charge on any atom is -0.245 e. The van der Waals surface area contributed by atoms with Crippen molar-refractivity contribution in [3.63, 3.8) is 0 Å². The maximum absolute atomic E-state index is 5.98. The van der Waals surface area contributed by atoms with Crippen LogP contribution in [0.15, 0.2) is 35.2 Å². The lowest BCUT2D eigenvalue weighted by molar-refractivity contribution is 1.41. The molecule has 0 radical (unpaired) electrons. The number of hydrogen-bond donors (Lipinski definition) is 0. The lowest BCUT2D eigenvalue weighted by Gasteiger charge is -1.97. The predicted molar refractivity (Wildman–Crippen MR) is 52.6 cm³/mol. The zero-order chi connectivity index (χ0) is 8.39. The first-order valence-electron chi connectivity index (χ1n) is 3.51. The van der Waals surface area contributed by atoms with Gasteiger partial charge in [-0.1, -0.05) is 29.8 Å². The molecule has 0 aliphatic heterocycles. The van der Waals surface area contributed by atoms with Crippen LogP contribution in [-0.4, -0.2) is 4.98 Å². The number of halogens is 1. The highest BCUT2D eigenvalue weighted by atomic mass is 35.5. The Morgan fingerprint density at radius 2 is 2.08 bits per heavy atom. The molecule has 0 N–H and O–H groups in total. The van der Waals surface area contributed by atoms with E-state index in [0.717, 1.165) is 16.3 Å². The first-order chi connectivity index (χ1) is 5.88. The lowest BCUT2D eigenvalue weighted by Crippen LogP contribution is -1.76. The molecule has 0 aliphatic rings. The monoisotopic (exact) mass is 195 g/mol. The molecule has 60 valence electrons. The minimum absolute atomic E-state index is 0.753. The summed E-state index contributed by atoms with van der Waals surface area (Å²) in [6, 6.07) is 7.71. The van der Waals surface area contributed by atoms with Crippen molar-refractivity contribution in [3.05, 3.63) is 40.2 Å². The van der Waals surface area contributed by atoms with Gasteiger partial charge in [-0.05, 0) is 6.07 Å². The van der Waals surface area contributed by atoms with Gasteiger partial charge >= 0.3 is 0 Å². The summed E-state index contributed by atoms with van der Waals surface area (Å²) in [5, 5.41) is 2.74. The number of nitrogens with zero attached hydrogens (tertiary/aromatic N) is 1. The normalized spacial score (nSPS) is 10.1. The van der Waals surface area contributed by atoms with Crippen LogP contribution in [0.5, 0.6) is 0 Å². The number of thiazole rings is 1. The molecule has 12 heavy (non-hydrogen) atoms. The molecule has 3 heteroatoms. The van der Waals surface area contributed by atoms with Gasteiger partial charge in [-0.25, -0.2) is 4.98 Å². The van der Waals surface area contributed by atoms with Gasteiger partial charge in [-0.15, -0.1) is 11.3 Å². The van der Waals surface area contributed by atoms with E-state index >= 15 is 0 Å².